The third-order valence-corrected chi connectivity index (χ3v) is 5.10. The van der Waals surface area contributed by atoms with E-state index in [1.54, 1.807) is 18.2 Å². The van der Waals surface area contributed by atoms with Crippen molar-refractivity contribution in [2.45, 2.75) is 11.3 Å². The minimum atomic E-state index is -3.99. The highest BCUT2D eigenvalue weighted by atomic mass is 35.5. The lowest BCUT2D eigenvalue weighted by atomic mass is 10.1. The summed E-state index contributed by atoms with van der Waals surface area (Å²) in [5.74, 6) is -0.741. The van der Waals surface area contributed by atoms with Crippen LogP contribution in [-0.2, 0) is 16.4 Å². The zero-order chi connectivity index (χ0) is 17.3. The molecule has 0 saturated heterocycles. The first-order valence-electron chi connectivity index (χ1n) is 6.85. The number of nitriles is 1. The molecule has 0 radical (unpaired) electrons. The SMILES string of the molecule is N#CCc1ccc(NS(=O)(=O)c2c[nH]c3cc(Cl)ccc23)c(F)c1. The van der Waals surface area contributed by atoms with Crippen molar-refractivity contribution in [1.29, 1.82) is 5.26 Å². The summed E-state index contributed by atoms with van der Waals surface area (Å²) >= 11 is 5.88. The number of H-pyrrole nitrogens is 1. The quantitative estimate of drug-likeness (QED) is 0.738. The van der Waals surface area contributed by atoms with Gasteiger partial charge in [-0.1, -0.05) is 17.7 Å². The molecule has 0 aliphatic heterocycles. The van der Waals surface area contributed by atoms with Gasteiger partial charge in [0.15, 0.2) is 0 Å². The third kappa shape index (κ3) is 3.07. The number of hydrogen-bond acceptors (Lipinski definition) is 3. The van der Waals surface area contributed by atoms with Gasteiger partial charge in [-0.15, -0.1) is 0 Å². The normalized spacial score (nSPS) is 11.4. The van der Waals surface area contributed by atoms with Gasteiger partial charge in [0.05, 0.1) is 18.2 Å². The number of aromatic amines is 1. The van der Waals surface area contributed by atoms with E-state index >= 15 is 0 Å². The first-order valence-corrected chi connectivity index (χ1v) is 8.71. The standard InChI is InChI=1S/C16H11ClFN3O2S/c17-11-2-3-12-15(8-11)20-9-16(12)24(22,23)21-14-4-1-10(5-6-19)7-13(14)18/h1-4,7-9,20-21H,5H2. The summed E-state index contributed by atoms with van der Waals surface area (Å²) in [5.41, 5.74) is 0.854. The van der Waals surface area contributed by atoms with Crippen molar-refractivity contribution in [2.24, 2.45) is 0 Å². The Balaban J connectivity index is 1.98. The molecule has 0 aliphatic carbocycles. The second kappa shape index (κ2) is 6.15. The maximum atomic E-state index is 14.1. The van der Waals surface area contributed by atoms with Gasteiger partial charge in [0.25, 0.3) is 10.0 Å². The molecule has 0 unspecified atom stereocenters. The Morgan fingerprint density at radius 3 is 2.75 bits per heavy atom. The zero-order valence-corrected chi connectivity index (χ0v) is 13.7. The lowest BCUT2D eigenvalue weighted by Gasteiger charge is -2.09. The molecule has 1 heterocycles. The average molecular weight is 364 g/mol. The fraction of sp³-hybridized carbons (Fsp3) is 0.0625. The van der Waals surface area contributed by atoms with Crippen molar-refractivity contribution in [1.82, 2.24) is 4.98 Å². The van der Waals surface area contributed by atoms with Gasteiger partial charge in [-0.2, -0.15) is 5.26 Å². The number of halogens is 2. The van der Waals surface area contributed by atoms with Crippen LogP contribution in [0, 0.1) is 17.1 Å². The highest BCUT2D eigenvalue weighted by Crippen LogP contribution is 2.27. The molecule has 3 rings (SSSR count). The predicted molar refractivity (Wildman–Crippen MR) is 89.8 cm³/mol. The second-order valence-electron chi connectivity index (χ2n) is 5.10. The van der Waals surface area contributed by atoms with E-state index in [-0.39, 0.29) is 17.0 Å². The van der Waals surface area contributed by atoms with E-state index in [1.165, 1.54) is 18.3 Å². The zero-order valence-electron chi connectivity index (χ0n) is 12.2. The molecule has 0 aliphatic rings. The van der Waals surface area contributed by atoms with Crippen molar-refractivity contribution in [3.05, 3.63) is 59.0 Å². The van der Waals surface area contributed by atoms with Crippen molar-refractivity contribution in [2.75, 3.05) is 4.72 Å². The van der Waals surface area contributed by atoms with Crippen molar-refractivity contribution in [3.63, 3.8) is 0 Å². The molecule has 0 fully saturated rings. The lowest BCUT2D eigenvalue weighted by Crippen LogP contribution is -2.13. The van der Waals surface area contributed by atoms with Crippen molar-refractivity contribution < 1.29 is 12.8 Å². The summed E-state index contributed by atoms with van der Waals surface area (Å²) in [6, 6.07) is 10.6. The molecule has 1 aromatic heterocycles. The third-order valence-electron chi connectivity index (χ3n) is 3.46. The Morgan fingerprint density at radius 2 is 2.04 bits per heavy atom. The summed E-state index contributed by atoms with van der Waals surface area (Å²) in [6.07, 6.45) is 1.37. The van der Waals surface area contributed by atoms with Gasteiger partial charge >= 0.3 is 0 Å². The fourth-order valence-electron chi connectivity index (χ4n) is 2.34. The van der Waals surface area contributed by atoms with Crippen LogP contribution in [0.25, 0.3) is 10.9 Å². The Hall–Kier alpha value is -2.56. The summed E-state index contributed by atoms with van der Waals surface area (Å²) in [5, 5.41) is 9.54. The number of nitrogens with one attached hydrogen (secondary N) is 2. The van der Waals surface area contributed by atoms with Crippen LogP contribution in [0.15, 0.2) is 47.5 Å². The Labute approximate surface area is 142 Å². The van der Waals surface area contributed by atoms with Crippen molar-refractivity contribution >= 4 is 38.2 Å². The van der Waals surface area contributed by atoms with Gasteiger partial charge in [-0.05, 0) is 35.9 Å². The molecular weight excluding hydrogens is 353 g/mol. The van der Waals surface area contributed by atoms with E-state index in [0.717, 1.165) is 6.07 Å². The predicted octanol–water partition coefficient (Wildman–Crippen LogP) is 3.83. The van der Waals surface area contributed by atoms with Crippen LogP contribution < -0.4 is 4.72 Å². The van der Waals surface area contributed by atoms with Gasteiger partial charge in [-0.3, -0.25) is 4.72 Å². The van der Waals surface area contributed by atoms with Crippen LogP contribution in [-0.4, -0.2) is 13.4 Å². The number of fused-ring (bicyclic) bond motifs is 1. The van der Waals surface area contributed by atoms with Gasteiger partial charge in [0.1, 0.15) is 10.7 Å². The van der Waals surface area contributed by atoms with Crippen molar-refractivity contribution in [3.8, 4) is 6.07 Å². The Bertz CT molecular complexity index is 1070. The van der Waals surface area contributed by atoms with Crippen LogP contribution in [0.2, 0.25) is 5.02 Å². The second-order valence-corrected chi connectivity index (χ2v) is 7.18. The molecule has 2 N–H and O–H groups in total. The molecule has 0 bridgehead atoms. The minimum Gasteiger partial charge on any atom is -0.360 e. The van der Waals surface area contributed by atoms with E-state index in [4.69, 9.17) is 16.9 Å². The molecule has 24 heavy (non-hydrogen) atoms. The van der Waals surface area contributed by atoms with Crippen LogP contribution in [0.3, 0.4) is 0 Å². The molecule has 8 heteroatoms. The smallest absolute Gasteiger partial charge is 0.264 e. The van der Waals surface area contributed by atoms with Gasteiger partial charge in [-0.25, -0.2) is 12.8 Å². The number of aromatic nitrogens is 1. The van der Waals surface area contributed by atoms with Crippen LogP contribution in [0.1, 0.15) is 5.56 Å². The molecule has 5 nitrogen and oxygen atoms in total. The topological polar surface area (TPSA) is 85.8 Å². The number of nitrogens with zero attached hydrogens (tertiary/aromatic N) is 1. The Morgan fingerprint density at radius 1 is 1.25 bits per heavy atom. The van der Waals surface area contributed by atoms with Crippen LogP contribution in [0.4, 0.5) is 10.1 Å². The monoisotopic (exact) mass is 363 g/mol. The summed E-state index contributed by atoms with van der Waals surface area (Å²) in [7, 11) is -3.99. The number of benzene rings is 2. The maximum absolute atomic E-state index is 14.1. The van der Waals surface area contributed by atoms with E-state index in [2.05, 4.69) is 9.71 Å². The van der Waals surface area contributed by atoms with E-state index < -0.39 is 15.8 Å². The van der Waals surface area contributed by atoms with Crippen LogP contribution in [0.5, 0.6) is 0 Å². The largest absolute Gasteiger partial charge is 0.360 e. The number of rotatable bonds is 4. The molecular formula is C16H11ClFN3O2S. The average Bonchev–Trinajstić information content (AvgIpc) is 2.94. The number of anilines is 1. The highest BCUT2D eigenvalue weighted by molar-refractivity contribution is 7.93. The molecule has 122 valence electrons. The number of sulfonamides is 1. The highest BCUT2D eigenvalue weighted by Gasteiger charge is 2.20. The molecule has 0 atom stereocenters. The molecule has 0 spiro atoms. The lowest BCUT2D eigenvalue weighted by molar-refractivity contribution is 0.599. The maximum Gasteiger partial charge on any atom is 0.264 e. The van der Waals surface area contributed by atoms with Gasteiger partial charge < -0.3 is 4.98 Å². The molecule has 0 saturated carbocycles. The van der Waals surface area contributed by atoms with Gasteiger partial charge in [0, 0.05) is 22.1 Å². The minimum absolute atomic E-state index is 0.00494. The molecule has 0 amide bonds. The molecule has 2 aromatic carbocycles. The van der Waals surface area contributed by atoms with Gasteiger partial charge in [0.2, 0.25) is 0 Å². The van der Waals surface area contributed by atoms with E-state index in [9.17, 15) is 12.8 Å². The fourth-order valence-corrected chi connectivity index (χ4v) is 3.76. The first kappa shape index (κ1) is 16.3. The van der Waals surface area contributed by atoms with E-state index in [1.807, 2.05) is 6.07 Å². The molecule has 3 aromatic rings. The van der Waals surface area contributed by atoms with E-state index in [0.29, 0.717) is 21.5 Å². The van der Waals surface area contributed by atoms with Crippen LogP contribution >= 0.6 is 11.6 Å². The summed E-state index contributed by atoms with van der Waals surface area (Å²) in [6.45, 7) is 0. The first-order chi connectivity index (χ1) is 11.4. The summed E-state index contributed by atoms with van der Waals surface area (Å²) < 4.78 is 41.4. The summed E-state index contributed by atoms with van der Waals surface area (Å²) in [4.78, 5) is 2.82. The number of hydrogen-bond donors (Lipinski definition) is 2. The Kier molecular flexibility index (Phi) is 4.18.